The van der Waals surface area contributed by atoms with E-state index < -0.39 is 0 Å². The molecular formula is C110H62N8O4. The van der Waals surface area contributed by atoms with E-state index in [1.54, 1.807) is 0 Å². The van der Waals surface area contributed by atoms with Gasteiger partial charge in [0, 0.05) is 103 Å². The highest BCUT2D eigenvalue weighted by molar-refractivity contribution is 6.24. The minimum absolute atomic E-state index is 0.551. The van der Waals surface area contributed by atoms with Crippen LogP contribution in [0.25, 0.3) is 265 Å². The zero-order valence-electron chi connectivity index (χ0n) is 65.0. The molecule has 0 aliphatic carbocycles. The Morgan fingerprint density at radius 1 is 0.180 bits per heavy atom. The molecule has 12 heteroatoms. The lowest BCUT2D eigenvalue weighted by molar-refractivity contribution is 0.666. The van der Waals surface area contributed by atoms with E-state index in [1.165, 1.54) is 64.6 Å². The Morgan fingerprint density at radius 2 is 0.508 bits per heavy atom. The summed E-state index contributed by atoms with van der Waals surface area (Å²) in [5.74, 6) is 3.38. The van der Waals surface area contributed by atoms with Crippen LogP contribution in [0.5, 0.6) is 0 Å². The summed E-state index contributed by atoms with van der Waals surface area (Å²) >= 11 is 0. The monoisotopic (exact) mass is 1560 g/mol. The fourth-order valence-electron chi connectivity index (χ4n) is 18.9. The second kappa shape index (κ2) is 26.4. The van der Waals surface area contributed by atoms with Crippen molar-refractivity contribution in [3.63, 3.8) is 0 Å². The predicted octanol–water partition coefficient (Wildman–Crippen LogP) is 29.3. The molecule has 122 heavy (non-hydrogen) atoms. The van der Waals surface area contributed by atoms with Gasteiger partial charge in [0.1, 0.15) is 33.5 Å². The molecule has 0 unspecified atom stereocenters. The highest BCUT2D eigenvalue weighted by Gasteiger charge is 2.28. The standard InChI is InChI=1S/C57H32N4O2.C53H30N4O2/c1-2-12-34-27-39(22-21-33(34)11-1)55-58-56(40-23-24-42-41-17-7-9-19-50(41)62-52(42)32-40)60-57(59-55)44-25-26-47(54-53(44)43-18-8-10-20-51(43)63-54)61-48-30-37-15-5-3-13-35(37)28-45(48)46-29-36-14-4-6-16-38(36)31-49(46)61;1-2-13-32(14-3-1)51-54-52(35-23-24-38-37-18-8-10-20-45(37)58-47(38)30-35)56-53(55-51)41-26-27-43(50-48(41)40-19-9-11-21-46(40)59-50)57-44-29-34-16-5-4-15-33(34)28-42(44)39-25-22-31-12-6-7-17-36(31)49(39)57/h1-32H;1-30H. The number of hydrogen-bond acceptors (Lipinski definition) is 10. The molecule has 8 heterocycles. The van der Waals surface area contributed by atoms with Gasteiger partial charge in [-0.2, -0.15) is 0 Å². The van der Waals surface area contributed by atoms with Gasteiger partial charge < -0.3 is 26.8 Å². The van der Waals surface area contributed by atoms with Crippen LogP contribution in [0, 0.1) is 0 Å². The minimum atomic E-state index is 0.551. The molecule has 0 saturated heterocycles. The van der Waals surface area contributed by atoms with Crippen LogP contribution in [-0.4, -0.2) is 39.0 Å². The number of nitrogens with zero attached hydrogens (tertiary/aromatic N) is 8. The average molecular weight is 1560 g/mol. The summed E-state index contributed by atoms with van der Waals surface area (Å²) in [5, 5.41) is 24.6. The van der Waals surface area contributed by atoms with Crippen LogP contribution in [0.2, 0.25) is 0 Å². The number of benzene rings is 19. The molecule has 0 aliphatic rings. The van der Waals surface area contributed by atoms with E-state index in [9.17, 15) is 0 Å². The fraction of sp³-hybridized carbons (Fsp3) is 0. The van der Waals surface area contributed by atoms with Crippen LogP contribution in [0.4, 0.5) is 0 Å². The second-order valence-corrected chi connectivity index (χ2v) is 31.5. The SMILES string of the molecule is c1ccc(-c2nc(-c3ccc4c(c3)oc3ccccc34)nc(-c3ccc(-n4c5cc6ccccc6cc5c5ccc6ccccc6c54)c4oc5ccccc5c34)n2)cc1.c1ccc2cc(-c3nc(-c4ccc5c(c4)oc4ccccc45)nc(-c4ccc(-n5c6cc7ccccc7cc6c6cc7ccccc7cc65)c5oc6ccccc6c45)n3)ccc2c1. The van der Waals surface area contributed by atoms with E-state index in [0.717, 1.165) is 165 Å². The summed E-state index contributed by atoms with van der Waals surface area (Å²) in [7, 11) is 0. The maximum atomic E-state index is 6.99. The summed E-state index contributed by atoms with van der Waals surface area (Å²) in [6.07, 6.45) is 0. The molecule has 0 bridgehead atoms. The number of furan rings is 4. The van der Waals surface area contributed by atoms with Crippen molar-refractivity contribution in [3.8, 4) is 79.7 Å². The zero-order valence-corrected chi connectivity index (χ0v) is 65.0. The van der Waals surface area contributed by atoms with E-state index in [0.29, 0.717) is 34.9 Å². The summed E-state index contributed by atoms with van der Waals surface area (Å²) in [4.78, 5) is 31.3. The lowest BCUT2D eigenvalue weighted by Gasteiger charge is -2.13. The molecule has 27 aromatic rings. The Labute approximate surface area is 693 Å². The molecule has 0 fully saturated rings. The third kappa shape index (κ3) is 10.5. The number of para-hydroxylation sites is 4. The molecule has 0 spiro atoms. The molecule has 12 nitrogen and oxygen atoms in total. The van der Waals surface area contributed by atoms with Crippen molar-refractivity contribution in [1.29, 1.82) is 0 Å². The van der Waals surface area contributed by atoms with E-state index in [2.05, 4.69) is 282 Å². The number of aromatic nitrogens is 8. The summed E-state index contributed by atoms with van der Waals surface area (Å²) < 4.78 is 31.4. The van der Waals surface area contributed by atoms with Gasteiger partial charge in [-0.25, -0.2) is 29.9 Å². The van der Waals surface area contributed by atoms with Gasteiger partial charge in [-0.05, 0) is 164 Å². The average Bonchev–Trinajstić information content (AvgIpc) is 1.55. The Kier molecular flexibility index (Phi) is 14.6. The van der Waals surface area contributed by atoms with Gasteiger partial charge >= 0.3 is 0 Å². The van der Waals surface area contributed by atoms with Gasteiger partial charge in [-0.3, -0.25) is 0 Å². The first-order valence-electron chi connectivity index (χ1n) is 40.9. The van der Waals surface area contributed by atoms with Crippen molar-refractivity contribution in [1.82, 2.24) is 39.0 Å². The predicted molar refractivity (Wildman–Crippen MR) is 498 cm³/mol. The largest absolute Gasteiger partial charge is 0.456 e. The Balaban J connectivity index is 0.000000131. The molecule has 0 atom stereocenters. The quantitative estimate of drug-likeness (QED) is 0.144. The Hall–Kier alpha value is -16.7. The molecule has 0 radical (unpaired) electrons. The second-order valence-electron chi connectivity index (χ2n) is 31.5. The van der Waals surface area contributed by atoms with E-state index in [-0.39, 0.29) is 0 Å². The smallest absolute Gasteiger partial charge is 0.164 e. The molecule has 0 N–H and O–H groups in total. The third-order valence-corrected chi connectivity index (χ3v) is 24.6. The van der Waals surface area contributed by atoms with Crippen LogP contribution in [0.3, 0.4) is 0 Å². The first-order chi connectivity index (χ1) is 60.4. The van der Waals surface area contributed by atoms with Crippen LogP contribution in [0.15, 0.2) is 394 Å². The maximum Gasteiger partial charge on any atom is 0.164 e. The van der Waals surface area contributed by atoms with Crippen LogP contribution in [0.1, 0.15) is 0 Å². The summed E-state index contributed by atoms with van der Waals surface area (Å²) in [5.41, 5.74) is 17.9. The number of fused-ring (bicyclic) bond motifs is 24. The molecule has 0 amide bonds. The van der Waals surface area contributed by atoms with Crippen molar-refractivity contribution in [2.24, 2.45) is 0 Å². The van der Waals surface area contributed by atoms with E-state index in [4.69, 9.17) is 47.6 Å². The first kappa shape index (κ1) is 67.5. The highest BCUT2D eigenvalue weighted by atomic mass is 16.3. The van der Waals surface area contributed by atoms with Crippen molar-refractivity contribution in [2.75, 3.05) is 0 Å². The molecule has 0 aliphatic heterocycles. The van der Waals surface area contributed by atoms with E-state index >= 15 is 0 Å². The molecule has 27 rings (SSSR count). The molecule has 8 aromatic heterocycles. The normalized spacial score (nSPS) is 12.1. The van der Waals surface area contributed by atoms with Gasteiger partial charge in [-0.1, -0.05) is 261 Å². The van der Waals surface area contributed by atoms with Gasteiger partial charge in [0.05, 0.1) is 33.4 Å². The van der Waals surface area contributed by atoms with Crippen LogP contribution >= 0.6 is 0 Å². The first-order valence-corrected chi connectivity index (χ1v) is 40.9. The maximum absolute atomic E-state index is 6.99. The van der Waals surface area contributed by atoms with E-state index in [1.807, 2.05) is 103 Å². The van der Waals surface area contributed by atoms with Gasteiger partial charge in [-0.15, -0.1) is 0 Å². The minimum Gasteiger partial charge on any atom is -0.456 e. The summed E-state index contributed by atoms with van der Waals surface area (Å²) in [6, 6.07) is 131. The molecule has 19 aromatic carbocycles. The number of rotatable bonds is 8. The van der Waals surface area contributed by atoms with Crippen molar-refractivity contribution in [3.05, 3.63) is 376 Å². The number of hydrogen-bond donors (Lipinski definition) is 0. The van der Waals surface area contributed by atoms with Crippen molar-refractivity contribution < 1.29 is 17.7 Å². The summed E-state index contributed by atoms with van der Waals surface area (Å²) in [6.45, 7) is 0. The fourth-order valence-corrected chi connectivity index (χ4v) is 18.9. The van der Waals surface area contributed by atoms with Crippen LogP contribution < -0.4 is 0 Å². The van der Waals surface area contributed by atoms with Crippen LogP contribution in [-0.2, 0) is 0 Å². The lowest BCUT2D eigenvalue weighted by Crippen LogP contribution is -2.01. The van der Waals surface area contributed by atoms with Gasteiger partial charge in [0.2, 0.25) is 0 Å². The van der Waals surface area contributed by atoms with Gasteiger partial charge in [0.25, 0.3) is 0 Å². The Bertz CT molecular complexity index is 9050. The zero-order chi connectivity index (χ0) is 79.8. The molecular weight excluding hydrogens is 1500 g/mol. The topological polar surface area (TPSA) is 140 Å². The third-order valence-electron chi connectivity index (χ3n) is 24.6. The Morgan fingerprint density at radius 3 is 1.00 bits per heavy atom. The van der Waals surface area contributed by atoms with Gasteiger partial charge in [0.15, 0.2) is 46.1 Å². The lowest BCUT2D eigenvalue weighted by atomic mass is 10.0. The molecule has 566 valence electrons. The van der Waals surface area contributed by atoms with Crippen molar-refractivity contribution >= 4 is 185 Å². The highest BCUT2D eigenvalue weighted by Crippen LogP contribution is 2.48. The van der Waals surface area contributed by atoms with Crippen molar-refractivity contribution in [2.45, 2.75) is 0 Å². The molecule has 0 saturated carbocycles.